The third kappa shape index (κ3) is 2.76. The Kier molecular flexibility index (Phi) is 3.44. The molecule has 2 aliphatic carbocycles. The second-order valence-electron chi connectivity index (χ2n) is 8.16. The van der Waals surface area contributed by atoms with Crippen molar-refractivity contribution in [1.82, 2.24) is 9.88 Å². The summed E-state index contributed by atoms with van der Waals surface area (Å²) >= 11 is 0. The number of likely N-dealkylation sites (tertiary alicyclic amines) is 1. The highest BCUT2D eigenvalue weighted by Crippen LogP contribution is 2.44. The van der Waals surface area contributed by atoms with E-state index >= 15 is 0 Å². The summed E-state index contributed by atoms with van der Waals surface area (Å²) in [7, 11) is 0. The van der Waals surface area contributed by atoms with Crippen LogP contribution in [0.5, 0.6) is 0 Å². The zero-order valence-electron chi connectivity index (χ0n) is 14.6. The van der Waals surface area contributed by atoms with E-state index in [1.54, 1.807) is 6.20 Å². The predicted molar refractivity (Wildman–Crippen MR) is 97.6 cm³/mol. The van der Waals surface area contributed by atoms with Gasteiger partial charge in [-0.2, -0.15) is 0 Å². The molecule has 1 aliphatic heterocycles. The number of carbonyl (C=O) groups is 1. The van der Waals surface area contributed by atoms with Crippen LogP contribution in [0.25, 0.3) is 0 Å². The van der Waals surface area contributed by atoms with Gasteiger partial charge in [0, 0.05) is 19.3 Å². The van der Waals surface area contributed by atoms with Gasteiger partial charge in [-0.15, -0.1) is 0 Å². The molecule has 3 aliphatic rings. The molecule has 0 unspecified atom stereocenters. The van der Waals surface area contributed by atoms with Crippen LogP contribution >= 0.6 is 0 Å². The minimum absolute atomic E-state index is 0.118. The first kappa shape index (κ1) is 15.1. The lowest BCUT2D eigenvalue weighted by Crippen LogP contribution is -2.43. The van der Waals surface area contributed by atoms with Crippen LogP contribution in [0.3, 0.4) is 0 Å². The Morgan fingerprint density at radius 3 is 2.36 bits per heavy atom. The fourth-order valence-electron chi connectivity index (χ4n) is 4.71. The maximum atomic E-state index is 12.9. The summed E-state index contributed by atoms with van der Waals surface area (Å²) in [4.78, 5) is 19.3. The molecule has 1 aromatic heterocycles. The predicted octanol–water partition coefficient (Wildman–Crippen LogP) is 3.98. The molecule has 1 amide bonds. The Balaban J connectivity index is 1.28. The van der Waals surface area contributed by atoms with E-state index in [4.69, 9.17) is 0 Å². The van der Waals surface area contributed by atoms with Gasteiger partial charge in [0.05, 0.1) is 0 Å². The molecule has 1 aromatic carbocycles. The summed E-state index contributed by atoms with van der Waals surface area (Å²) in [5.41, 5.74) is 5.33. The molecule has 2 aromatic rings. The Morgan fingerprint density at radius 1 is 1.04 bits per heavy atom. The monoisotopic (exact) mass is 332 g/mol. The van der Waals surface area contributed by atoms with Crippen molar-refractivity contribution in [2.24, 2.45) is 5.41 Å². The van der Waals surface area contributed by atoms with Crippen LogP contribution in [0.15, 0.2) is 42.6 Å². The molecule has 0 bridgehead atoms. The molecule has 0 N–H and O–H groups in total. The standard InChI is InChI=1S/C22H24N2O/c25-21(20-13-17(7-10-23-20)16-5-6-16)24-11-8-22(9-12-24)14-18-3-1-2-4-19(18)15-22/h1-4,7,10,13,16H,5-6,8-9,11-12,14-15H2. The van der Waals surface area contributed by atoms with E-state index < -0.39 is 0 Å². The fourth-order valence-corrected chi connectivity index (χ4v) is 4.71. The second kappa shape index (κ2) is 5.69. The average molecular weight is 332 g/mol. The molecule has 1 saturated heterocycles. The minimum atomic E-state index is 0.118. The Morgan fingerprint density at radius 2 is 1.72 bits per heavy atom. The molecule has 2 fully saturated rings. The van der Waals surface area contributed by atoms with E-state index in [2.05, 4.69) is 35.3 Å². The quantitative estimate of drug-likeness (QED) is 0.833. The van der Waals surface area contributed by atoms with Crippen molar-refractivity contribution in [2.45, 2.75) is 44.4 Å². The fraction of sp³-hybridized carbons (Fsp3) is 0.455. The van der Waals surface area contributed by atoms with Crippen molar-refractivity contribution < 1.29 is 4.79 Å². The minimum Gasteiger partial charge on any atom is -0.337 e. The van der Waals surface area contributed by atoms with Gasteiger partial charge in [0.1, 0.15) is 5.69 Å². The van der Waals surface area contributed by atoms with E-state index in [1.807, 2.05) is 11.0 Å². The number of benzene rings is 1. The first-order valence-electron chi connectivity index (χ1n) is 9.55. The van der Waals surface area contributed by atoms with Gasteiger partial charge < -0.3 is 4.90 Å². The lowest BCUT2D eigenvalue weighted by atomic mass is 9.76. The number of aromatic nitrogens is 1. The summed E-state index contributed by atoms with van der Waals surface area (Å²) in [6.45, 7) is 1.73. The maximum Gasteiger partial charge on any atom is 0.272 e. The number of hydrogen-bond donors (Lipinski definition) is 0. The van der Waals surface area contributed by atoms with Crippen LogP contribution in [0.4, 0.5) is 0 Å². The molecular formula is C22H24N2O. The molecular weight excluding hydrogens is 308 g/mol. The topological polar surface area (TPSA) is 33.2 Å². The zero-order valence-corrected chi connectivity index (χ0v) is 14.6. The first-order valence-corrected chi connectivity index (χ1v) is 9.55. The molecule has 1 spiro atoms. The van der Waals surface area contributed by atoms with Crippen LogP contribution < -0.4 is 0 Å². The van der Waals surface area contributed by atoms with Crippen LogP contribution in [0, 0.1) is 5.41 Å². The van der Waals surface area contributed by atoms with E-state index in [1.165, 1.54) is 42.4 Å². The highest BCUT2D eigenvalue weighted by atomic mass is 16.2. The van der Waals surface area contributed by atoms with Gasteiger partial charge in [-0.25, -0.2) is 0 Å². The molecule has 0 radical (unpaired) electrons. The highest BCUT2D eigenvalue weighted by molar-refractivity contribution is 5.92. The average Bonchev–Trinajstić information content (AvgIpc) is 3.44. The van der Waals surface area contributed by atoms with Crippen LogP contribution in [-0.2, 0) is 12.8 Å². The number of fused-ring (bicyclic) bond motifs is 1. The van der Waals surface area contributed by atoms with E-state index in [0.29, 0.717) is 17.0 Å². The number of rotatable bonds is 2. The molecule has 25 heavy (non-hydrogen) atoms. The third-order valence-corrected chi connectivity index (χ3v) is 6.41. The van der Waals surface area contributed by atoms with Crippen molar-refractivity contribution >= 4 is 5.91 Å². The van der Waals surface area contributed by atoms with Gasteiger partial charge in [0.2, 0.25) is 0 Å². The van der Waals surface area contributed by atoms with Gasteiger partial charge in [-0.1, -0.05) is 24.3 Å². The first-order chi connectivity index (χ1) is 12.2. The maximum absolute atomic E-state index is 12.9. The van der Waals surface area contributed by atoms with E-state index in [9.17, 15) is 4.79 Å². The van der Waals surface area contributed by atoms with Crippen molar-refractivity contribution in [3.8, 4) is 0 Å². The molecule has 3 nitrogen and oxygen atoms in total. The summed E-state index contributed by atoms with van der Waals surface area (Å²) in [6.07, 6.45) is 8.89. The Hall–Kier alpha value is -2.16. The highest BCUT2D eigenvalue weighted by Gasteiger charge is 2.40. The summed E-state index contributed by atoms with van der Waals surface area (Å²) in [5, 5.41) is 0. The lowest BCUT2D eigenvalue weighted by molar-refractivity contribution is 0.0587. The SMILES string of the molecule is O=C(c1cc(C2CC2)ccn1)N1CCC2(CC1)Cc1ccccc1C2. The number of piperidine rings is 1. The number of nitrogens with zero attached hydrogens (tertiary/aromatic N) is 2. The molecule has 5 rings (SSSR count). The summed E-state index contributed by atoms with van der Waals surface area (Å²) < 4.78 is 0. The third-order valence-electron chi connectivity index (χ3n) is 6.41. The largest absolute Gasteiger partial charge is 0.337 e. The van der Waals surface area contributed by atoms with Gasteiger partial charge in [-0.3, -0.25) is 9.78 Å². The van der Waals surface area contributed by atoms with Crippen molar-refractivity contribution in [3.05, 3.63) is 65.0 Å². The molecule has 128 valence electrons. The molecule has 3 heteroatoms. The second-order valence-corrected chi connectivity index (χ2v) is 8.16. The molecule has 0 atom stereocenters. The lowest BCUT2D eigenvalue weighted by Gasteiger charge is -2.39. The number of hydrogen-bond acceptors (Lipinski definition) is 2. The van der Waals surface area contributed by atoms with Crippen molar-refractivity contribution in [1.29, 1.82) is 0 Å². The summed E-state index contributed by atoms with van der Waals surface area (Å²) in [6, 6.07) is 12.9. The molecule has 1 saturated carbocycles. The molecule has 2 heterocycles. The van der Waals surface area contributed by atoms with Gasteiger partial charge in [-0.05, 0) is 78.7 Å². The van der Waals surface area contributed by atoms with Crippen LogP contribution in [0.1, 0.15) is 58.8 Å². The number of carbonyl (C=O) groups excluding carboxylic acids is 1. The van der Waals surface area contributed by atoms with Gasteiger partial charge >= 0.3 is 0 Å². The normalized spacial score (nSPS) is 21.4. The van der Waals surface area contributed by atoms with E-state index in [0.717, 1.165) is 25.9 Å². The van der Waals surface area contributed by atoms with Crippen molar-refractivity contribution in [3.63, 3.8) is 0 Å². The smallest absolute Gasteiger partial charge is 0.272 e. The Labute approximate surface area is 149 Å². The van der Waals surface area contributed by atoms with Crippen molar-refractivity contribution in [2.75, 3.05) is 13.1 Å². The Bertz CT molecular complexity index is 789. The zero-order chi connectivity index (χ0) is 16.9. The number of pyridine rings is 1. The van der Waals surface area contributed by atoms with Crippen LogP contribution in [0.2, 0.25) is 0 Å². The van der Waals surface area contributed by atoms with Crippen LogP contribution in [-0.4, -0.2) is 28.9 Å². The van der Waals surface area contributed by atoms with Gasteiger partial charge in [0.15, 0.2) is 0 Å². The number of amides is 1. The van der Waals surface area contributed by atoms with Gasteiger partial charge in [0.25, 0.3) is 5.91 Å². The summed E-state index contributed by atoms with van der Waals surface area (Å²) in [5.74, 6) is 0.782. The van der Waals surface area contributed by atoms with E-state index in [-0.39, 0.29) is 5.91 Å².